The summed E-state index contributed by atoms with van der Waals surface area (Å²) in [5.41, 5.74) is 1.66. The predicted molar refractivity (Wildman–Crippen MR) is 93.2 cm³/mol. The minimum absolute atomic E-state index is 0.00319. The Balaban J connectivity index is 2.01. The van der Waals surface area contributed by atoms with E-state index in [1.807, 2.05) is 13.0 Å². The molecule has 0 bridgehead atoms. The second kappa shape index (κ2) is 6.65. The SMILES string of the molecule is CCC(C)n1ncc2c(C(=O)Nc3nc(C#N)c(C#N)[nH]3)cc(C)nc21. The zero-order chi connectivity index (χ0) is 18.8. The maximum atomic E-state index is 12.7. The van der Waals surface area contributed by atoms with Gasteiger partial charge in [0.25, 0.3) is 5.91 Å². The van der Waals surface area contributed by atoms with Crippen LogP contribution in [0.2, 0.25) is 0 Å². The van der Waals surface area contributed by atoms with Gasteiger partial charge in [0.2, 0.25) is 5.95 Å². The first-order chi connectivity index (χ1) is 12.5. The summed E-state index contributed by atoms with van der Waals surface area (Å²) in [4.78, 5) is 23.8. The Hall–Kier alpha value is -3.72. The molecule has 0 aromatic carbocycles. The Morgan fingerprint density at radius 1 is 1.38 bits per heavy atom. The number of anilines is 1. The predicted octanol–water partition coefficient (Wildman–Crippen LogP) is 2.43. The average Bonchev–Trinajstić information content (AvgIpc) is 3.23. The zero-order valence-electron chi connectivity index (χ0n) is 14.5. The van der Waals surface area contributed by atoms with Gasteiger partial charge in [-0.2, -0.15) is 15.6 Å². The number of aromatic nitrogens is 5. The average molecular weight is 348 g/mol. The van der Waals surface area contributed by atoms with Crippen LogP contribution in [-0.2, 0) is 0 Å². The van der Waals surface area contributed by atoms with Crippen LogP contribution in [-0.4, -0.2) is 30.6 Å². The Kier molecular flexibility index (Phi) is 4.38. The van der Waals surface area contributed by atoms with Crippen molar-refractivity contribution in [3.05, 3.63) is 34.9 Å². The first-order valence-corrected chi connectivity index (χ1v) is 8.04. The van der Waals surface area contributed by atoms with Crippen LogP contribution in [0.15, 0.2) is 12.3 Å². The van der Waals surface area contributed by atoms with E-state index in [0.717, 1.165) is 6.42 Å². The minimum atomic E-state index is -0.424. The number of imidazole rings is 1. The lowest BCUT2D eigenvalue weighted by Gasteiger charge is -2.11. The van der Waals surface area contributed by atoms with Crippen LogP contribution in [0, 0.1) is 29.6 Å². The first kappa shape index (κ1) is 17.1. The number of aromatic amines is 1. The van der Waals surface area contributed by atoms with Crippen LogP contribution in [0.1, 0.15) is 53.7 Å². The van der Waals surface area contributed by atoms with Crippen molar-refractivity contribution in [2.24, 2.45) is 0 Å². The largest absolute Gasteiger partial charge is 0.314 e. The number of carbonyl (C=O) groups excluding carboxylic acids is 1. The molecule has 0 aliphatic rings. The number of carbonyl (C=O) groups is 1. The molecule has 3 heterocycles. The summed E-state index contributed by atoms with van der Waals surface area (Å²) < 4.78 is 1.80. The van der Waals surface area contributed by atoms with E-state index in [4.69, 9.17) is 10.5 Å². The number of nitriles is 2. The number of aryl methyl sites for hydroxylation is 1. The van der Waals surface area contributed by atoms with E-state index in [9.17, 15) is 4.79 Å². The Labute approximate surface area is 149 Å². The van der Waals surface area contributed by atoms with E-state index >= 15 is 0 Å². The quantitative estimate of drug-likeness (QED) is 0.743. The van der Waals surface area contributed by atoms with Gasteiger partial charge in [-0.3, -0.25) is 10.1 Å². The molecular weight excluding hydrogens is 332 g/mol. The van der Waals surface area contributed by atoms with Crippen molar-refractivity contribution < 1.29 is 4.79 Å². The van der Waals surface area contributed by atoms with Crippen LogP contribution in [0.5, 0.6) is 0 Å². The van der Waals surface area contributed by atoms with Gasteiger partial charge in [0.15, 0.2) is 17.0 Å². The van der Waals surface area contributed by atoms with Gasteiger partial charge >= 0.3 is 0 Å². The minimum Gasteiger partial charge on any atom is -0.314 e. The van der Waals surface area contributed by atoms with Crippen molar-refractivity contribution in [2.75, 3.05) is 5.32 Å². The molecule has 0 radical (unpaired) electrons. The van der Waals surface area contributed by atoms with Crippen molar-refractivity contribution in [2.45, 2.75) is 33.2 Å². The Bertz CT molecular complexity index is 1050. The van der Waals surface area contributed by atoms with E-state index in [-0.39, 0.29) is 23.4 Å². The molecule has 0 aliphatic heterocycles. The summed E-state index contributed by atoms with van der Waals surface area (Å²) in [6.07, 6.45) is 2.50. The number of hydrogen-bond acceptors (Lipinski definition) is 6. The lowest BCUT2D eigenvalue weighted by Crippen LogP contribution is -2.14. The van der Waals surface area contributed by atoms with Gasteiger partial charge in [0.05, 0.1) is 23.2 Å². The standard InChI is InChI=1S/C17H16N8O/c1-4-10(3)25-15-12(8-20-25)11(5-9(2)21-15)16(26)24-17-22-13(6-18)14(7-19)23-17/h5,8,10H,4H2,1-3H3,(H2,22,23,24,26). The summed E-state index contributed by atoms with van der Waals surface area (Å²) in [6, 6.07) is 5.45. The Morgan fingerprint density at radius 3 is 2.77 bits per heavy atom. The zero-order valence-corrected chi connectivity index (χ0v) is 14.5. The number of pyridine rings is 1. The summed E-state index contributed by atoms with van der Waals surface area (Å²) in [5, 5.41) is 25.5. The number of nitrogens with one attached hydrogen (secondary N) is 2. The lowest BCUT2D eigenvalue weighted by molar-refractivity contribution is 0.102. The van der Waals surface area contributed by atoms with Crippen molar-refractivity contribution >= 4 is 22.9 Å². The van der Waals surface area contributed by atoms with E-state index in [2.05, 4.69) is 32.3 Å². The molecule has 9 heteroatoms. The third-order valence-electron chi connectivity index (χ3n) is 4.10. The molecule has 130 valence electrons. The van der Waals surface area contributed by atoms with Crippen LogP contribution in [0.4, 0.5) is 5.95 Å². The number of fused-ring (bicyclic) bond motifs is 1. The number of nitrogens with zero attached hydrogens (tertiary/aromatic N) is 6. The molecule has 0 spiro atoms. The molecule has 3 aromatic rings. The normalized spacial score (nSPS) is 11.7. The van der Waals surface area contributed by atoms with E-state index in [1.165, 1.54) is 0 Å². The maximum Gasteiger partial charge on any atom is 0.258 e. The fourth-order valence-electron chi connectivity index (χ4n) is 2.60. The van der Waals surface area contributed by atoms with Crippen LogP contribution in [0.25, 0.3) is 11.0 Å². The molecule has 3 aromatic heterocycles. The topological polar surface area (TPSA) is 136 Å². The molecule has 1 amide bonds. The number of hydrogen-bond donors (Lipinski definition) is 2. The molecule has 26 heavy (non-hydrogen) atoms. The molecule has 0 fully saturated rings. The monoisotopic (exact) mass is 348 g/mol. The lowest BCUT2D eigenvalue weighted by atomic mass is 10.1. The van der Waals surface area contributed by atoms with Gasteiger partial charge < -0.3 is 4.98 Å². The summed E-state index contributed by atoms with van der Waals surface area (Å²) in [6.45, 7) is 5.89. The maximum absolute atomic E-state index is 12.7. The van der Waals surface area contributed by atoms with Gasteiger partial charge in [-0.05, 0) is 26.3 Å². The smallest absolute Gasteiger partial charge is 0.258 e. The van der Waals surface area contributed by atoms with Crippen LogP contribution in [0.3, 0.4) is 0 Å². The first-order valence-electron chi connectivity index (χ1n) is 8.04. The fraction of sp³-hybridized carbons (Fsp3) is 0.294. The molecular formula is C17H16N8O. The molecule has 1 unspecified atom stereocenters. The molecule has 9 nitrogen and oxygen atoms in total. The molecule has 0 aliphatic carbocycles. The Morgan fingerprint density at radius 2 is 2.15 bits per heavy atom. The molecule has 0 saturated heterocycles. The number of H-pyrrole nitrogens is 1. The van der Waals surface area contributed by atoms with Gasteiger partial charge in [-0.1, -0.05) is 6.92 Å². The van der Waals surface area contributed by atoms with Crippen LogP contribution >= 0.6 is 0 Å². The molecule has 3 rings (SSSR count). The van der Waals surface area contributed by atoms with Gasteiger partial charge in [-0.25, -0.2) is 14.6 Å². The van der Waals surface area contributed by atoms with Gasteiger partial charge in [0, 0.05) is 5.69 Å². The highest BCUT2D eigenvalue weighted by molar-refractivity contribution is 6.11. The van der Waals surface area contributed by atoms with E-state index in [1.54, 1.807) is 29.9 Å². The summed E-state index contributed by atoms with van der Waals surface area (Å²) in [5.74, 6) is -0.382. The highest BCUT2D eigenvalue weighted by Crippen LogP contribution is 2.23. The second-order valence-electron chi connectivity index (χ2n) is 5.88. The van der Waals surface area contributed by atoms with Crippen LogP contribution < -0.4 is 5.32 Å². The third-order valence-corrected chi connectivity index (χ3v) is 4.10. The van der Waals surface area contributed by atoms with Gasteiger partial charge in [-0.15, -0.1) is 0 Å². The van der Waals surface area contributed by atoms with Crippen molar-refractivity contribution in [3.63, 3.8) is 0 Å². The summed E-state index contributed by atoms with van der Waals surface area (Å²) >= 11 is 0. The van der Waals surface area contributed by atoms with E-state index in [0.29, 0.717) is 22.3 Å². The van der Waals surface area contributed by atoms with Gasteiger partial charge in [0.1, 0.15) is 12.1 Å². The fourth-order valence-corrected chi connectivity index (χ4v) is 2.60. The highest BCUT2D eigenvalue weighted by atomic mass is 16.1. The second-order valence-corrected chi connectivity index (χ2v) is 5.88. The molecule has 2 N–H and O–H groups in total. The van der Waals surface area contributed by atoms with Crippen molar-refractivity contribution in [3.8, 4) is 12.1 Å². The number of amides is 1. The third kappa shape index (κ3) is 2.87. The van der Waals surface area contributed by atoms with E-state index < -0.39 is 5.91 Å². The highest BCUT2D eigenvalue weighted by Gasteiger charge is 2.19. The van der Waals surface area contributed by atoms with Crippen molar-refractivity contribution in [1.29, 1.82) is 10.5 Å². The molecule has 1 atom stereocenters. The number of rotatable bonds is 4. The summed E-state index contributed by atoms with van der Waals surface area (Å²) in [7, 11) is 0. The molecule has 0 saturated carbocycles. The van der Waals surface area contributed by atoms with Crippen molar-refractivity contribution in [1.82, 2.24) is 24.7 Å².